The highest BCUT2D eigenvalue weighted by molar-refractivity contribution is 7.67. The summed E-state index contributed by atoms with van der Waals surface area (Å²) in [5.74, 6) is -1.59. The highest BCUT2D eigenvalue weighted by Gasteiger charge is 2.35. The maximum atomic E-state index is 11.9. The Labute approximate surface area is 148 Å². The summed E-state index contributed by atoms with van der Waals surface area (Å²) >= 11 is 0. The predicted octanol–water partition coefficient (Wildman–Crippen LogP) is 0.322. The van der Waals surface area contributed by atoms with Crippen LogP contribution in [-0.2, 0) is 18.7 Å². The van der Waals surface area contributed by atoms with Crippen molar-refractivity contribution in [1.29, 1.82) is 0 Å². The van der Waals surface area contributed by atoms with E-state index in [1.807, 2.05) is 0 Å². The average Bonchev–Trinajstić information content (AvgIpc) is 2.45. The van der Waals surface area contributed by atoms with Crippen LogP contribution in [0.1, 0.15) is 13.8 Å². The molecule has 0 saturated carbocycles. The largest absolute Gasteiger partial charge is 0.359 e. The summed E-state index contributed by atoms with van der Waals surface area (Å²) in [6.07, 6.45) is 0. The van der Waals surface area contributed by atoms with Crippen LogP contribution in [0, 0.1) is 0 Å². The lowest BCUT2D eigenvalue weighted by molar-refractivity contribution is -0.113. The van der Waals surface area contributed by atoms with E-state index >= 15 is 0 Å². The Morgan fingerprint density at radius 3 is 1.73 bits per heavy atom. The van der Waals surface area contributed by atoms with Crippen LogP contribution < -0.4 is 21.2 Å². The number of anilines is 2. The van der Waals surface area contributed by atoms with E-state index in [4.69, 9.17) is 0 Å². The maximum absolute atomic E-state index is 11.9. The van der Waals surface area contributed by atoms with Gasteiger partial charge in [0.25, 0.3) is 11.8 Å². The van der Waals surface area contributed by atoms with E-state index in [1.54, 1.807) is 0 Å². The molecule has 0 radical (unpaired) electrons. The van der Waals surface area contributed by atoms with Crippen molar-refractivity contribution >= 4 is 49.0 Å². The van der Waals surface area contributed by atoms with Gasteiger partial charge in [0.05, 0.1) is 16.7 Å². The van der Waals surface area contributed by atoms with Crippen molar-refractivity contribution in [2.75, 3.05) is 10.6 Å². The number of amides is 2. The fraction of sp³-hybridized carbons (Fsp3) is 0.143. The van der Waals surface area contributed by atoms with Crippen molar-refractivity contribution in [2.45, 2.75) is 13.8 Å². The molecule has 0 bridgehead atoms. The molecule has 1 aromatic carbocycles. The molecule has 0 heterocycles. The molecular weight excluding hydrogens is 386 g/mol. The smallest absolute Gasteiger partial charge is 0.321 e. The maximum Gasteiger partial charge on any atom is 0.359 e. The Bertz CT molecular complexity index is 896. The van der Waals surface area contributed by atoms with Crippen LogP contribution in [0.25, 0.3) is 0 Å². The molecule has 6 N–H and O–H groups in total. The van der Waals surface area contributed by atoms with Crippen LogP contribution in [0.3, 0.4) is 0 Å². The number of rotatable bonds is 6. The van der Waals surface area contributed by atoms with Gasteiger partial charge in [-0.2, -0.15) is 0 Å². The van der Waals surface area contributed by atoms with Crippen LogP contribution in [0.5, 0.6) is 0 Å². The molecule has 0 fully saturated rings. The first kappa shape index (κ1) is 22.0. The Morgan fingerprint density at radius 1 is 0.885 bits per heavy atom. The normalized spacial score (nSPS) is 11.6. The summed E-state index contributed by atoms with van der Waals surface area (Å²) < 4.78 is 23.5. The van der Waals surface area contributed by atoms with Gasteiger partial charge >= 0.3 is 15.2 Å². The van der Waals surface area contributed by atoms with E-state index in [9.17, 15) is 38.3 Å². The SMILES string of the molecule is C=C(C)C(=O)Nc1ccc(P(=O)(O)O)c(P(=O)(O)O)c1NC(=O)C(=C)C. The standard InChI is InChI=1S/C14H18N2O8P2/c1-7(2)13(17)15-9-5-6-10(25(19,20)21)12(26(22,23)24)11(9)16-14(18)8(3)4/h5-6H,1,3H2,2,4H3,(H,15,17)(H,16,18)(H2,19,20,21)(H2,22,23,24). The van der Waals surface area contributed by atoms with Crippen molar-refractivity contribution in [2.24, 2.45) is 0 Å². The average molecular weight is 404 g/mol. The molecule has 0 saturated heterocycles. The molecule has 0 atom stereocenters. The van der Waals surface area contributed by atoms with Gasteiger partial charge in [-0.05, 0) is 26.0 Å². The Hall–Kier alpha value is -2.06. The zero-order valence-electron chi connectivity index (χ0n) is 13.9. The van der Waals surface area contributed by atoms with Crippen LogP contribution in [0.2, 0.25) is 0 Å². The van der Waals surface area contributed by atoms with Crippen molar-refractivity contribution in [3.8, 4) is 0 Å². The number of nitrogens with one attached hydrogen (secondary N) is 2. The molecule has 1 rings (SSSR count). The van der Waals surface area contributed by atoms with Gasteiger partial charge in [-0.15, -0.1) is 0 Å². The van der Waals surface area contributed by atoms with Gasteiger partial charge in [0, 0.05) is 11.1 Å². The molecule has 0 aliphatic heterocycles. The molecule has 26 heavy (non-hydrogen) atoms. The second kappa shape index (κ2) is 7.67. The number of carbonyl (C=O) groups is 2. The highest BCUT2D eigenvalue weighted by Crippen LogP contribution is 2.44. The minimum absolute atomic E-state index is 0.0413. The third-order valence-corrected chi connectivity index (χ3v) is 5.25. The second-order valence-electron chi connectivity index (χ2n) is 5.41. The first-order valence-corrected chi connectivity index (χ1v) is 10.1. The zero-order chi connectivity index (χ0) is 20.4. The van der Waals surface area contributed by atoms with E-state index in [-0.39, 0.29) is 16.8 Å². The predicted molar refractivity (Wildman–Crippen MR) is 96.7 cm³/mol. The topological polar surface area (TPSA) is 173 Å². The third-order valence-electron chi connectivity index (χ3n) is 3.02. The third kappa shape index (κ3) is 5.22. The van der Waals surface area contributed by atoms with E-state index in [2.05, 4.69) is 23.8 Å². The lowest BCUT2D eigenvalue weighted by Crippen LogP contribution is -2.31. The van der Waals surface area contributed by atoms with Gasteiger partial charge in [0.2, 0.25) is 0 Å². The molecule has 0 aliphatic carbocycles. The zero-order valence-corrected chi connectivity index (χ0v) is 15.7. The van der Waals surface area contributed by atoms with E-state index in [0.29, 0.717) is 0 Å². The molecule has 0 aliphatic rings. The monoisotopic (exact) mass is 404 g/mol. The van der Waals surface area contributed by atoms with Crippen molar-refractivity contribution in [1.82, 2.24) is 0 Å². The van der Waals surface area contributed by atoms with Crippen LogP contribution in [-0.4, -0.2) is 31.4 Å². The fourth-order valence-electron chi connectivity index (χ4n) is 1.79. The van der Waals surface area contributed by atoms with E-state index in [1.165, 1.54) is 13.8 Å². The molecule has 0 aromatic heterocycles. The molecule has 1 aromatic rings. The molecule has 0 spiro atoms. The van der Waals surface area contributed by atoms with Crippen LogP contribution in [0.15, 0.2) is 36.4 Å². The Morgan fingerprint density at radius 2 is 1.35 bits per heavy atom. The second-order valence-corrected chi connectivity index (χ2v) is 8.52. The summed E-state index contributed by atoms with van der Waals surface area (Å²) in [5, 5.41) is 2.32. The lowest BCUT2D eigenvalue weighted by Gasteiger charge is -2.21. The molecule has 2 amide bonds. The number of benzene rings is 1. The van der Waals surface area contributed by atoms with Gasteiger partial charge in [0.1, 0.15) is 5.30 Å². The Balaban J connectivity index is 3.82. The summed E-state index contributed by atoms with van der Waals surface area (Å²) in [6, 6.07) is 1.77. The van der Waals surface area contributed by atoms with Gasteiger partial charge in [0.15, 0.2) is 0 Å². The van der Waals surface area contributed by atoms with Crippen molar-refractivity contribution < 1.29 is 38.3 Å². The summed E-state index contributed by atoms with van der Waals surface area (Å²) in [6.45, 7) is 9.46. The van der Waals surface area contributed by atoms with Gasteiger partial charge in [-0.1, -0.05) is 13.2 Å². The van der Waals surface area contributed by atoms with Crippen molar-refractivity contribution in [3.05, 3.63) is 36.4 Å². The quantitative estimate of drug-likeness (QED) is 0.290. The summed E-state index contributed by atoms with van der Waals surface area (Å²) in [7, 11) is -10.4. The Kier molecular flexibility index (Phi) is 6.49. The van der Waals surface area contributed by atoms with Gasteiger partial charge in [-0.25, -0.2) is 0 Å². The molecule has 12 heteroatoms. The van der Waals surface area contributed by atoms with Crippen LogP contribution >= 0.6 is 15.2 Å². The molecule has 0 unspecified atom stereocenters. The van der Waals surface area contributed by atoms with Gasteiger partial charge < -0.3 is 30.2 Å². The van der Waals surface area contributed by atoms with E-state index in [0.717, 1.165) is 12.1 Å². The number of hydrogen-bond donors (Lipinski definition) is 6. The molecular formula is C14H18N2O8P2. The first-order chi connectivity index (χ1) is 11.7. The minimum atomic E-state index is -5.28. The number of hydrogen-bond acceptors (Lipinski definition) is 4. The van der Waals surface area contributed by atoms with E-state index < -0.39 is 43.3 Å². The molecule has 10 nitrogen and oxygen atoms in total. The first-order valence-electron chi connectivity index (χ1n) is 6.89. The summed E-state index contributed by atoms with van der Waals surface area (Å²) in [5.41, 5.74) is -0.899. The van der Waals surface area contributed by atoms with Crippen molar-refractivity contribution in [3.63, 3.8) is 0 Å². The number of carbonyl (C=O) groups excluding carboxylic acids is 2. The lowest BCUT2D eigenvalue weighted by atomic mass is 10.2. The molecule has 142 valence electrons. The highest BCUT2D eigenvalue weighted by atomic mass is 31.2. The fourth-order valence-corrected chi connectivity index (χ4v) is 4.07. The summed E-state index contributed by atoms with van der Waals surface area (Å²) in [4.78, 5) is 61.8. The van der Waals surface area contributed by atoms with Gasteiger partial charge in [-0.3, -0.25) is 18.7 Å². The minimum Gasteiger partial charge on any atom is -0.321 e. The van der Waals surface area contributed by atoms with Crippen LogP contribution in [0.4, 0.5) is 11.4 Å².